The molecule has 2 rings (SSSR count). The van der Waals surface area contributed by atoms with Crippen LogP contribution in [-0.2, 0) is 29.1 Å². The molecule has 0 radical (unpaired) electrons. The van der Waals surface area contributed by atoms with Gasteiger partial charge in [-0.2, -0.15) is 4.31 Å². The molecule has 0 bridgehead atoms. The number of nitrogens with one attached hydrogen (secondary N) is 1. The maximum Gasteiger partial charge on any atom is 0.350 e. The SMILES string of the molecule is CCN(CC)S(=O)(=O)c1ccc(NC=C2C(=O)OC(C)(C)OC2=O)cc1. The standard InChI is InChI=1S/C17H22N2O6S/c1-5-19(6-2)26(22,23)13-9-7-12(8-10-13)18-11-14-15(20)24-17(3,4)25-16(14)21/h7-11,18H,5-6H2,1-4H3. The summed E-state index contributed by atoms with van der Waals surface area (Å²) >= 11 is 0. The zero-order valence-corrected chi connectivity index (χ0v) is 15.9. The van der Waals surface area contributed by atoms with E-state index in [-0.39, 0.29) is 10.5 Å². The summed E-state index contributed by atoms with van der Waals surface area (Å²) in [5, 5.41) is 2.77. The first kappa shape index (κ1) is 19.9. The Kier molecular flexibility index (Phi) is 5.72. The lowest BCUT2D eigenvalue weighted by atomic mass is 10.2. The molecule has 1 aromatic rings. The normalized spacial score (nSPS) is 16.9. The van der Waals surface area contributed by atoms with Crippen LogP contribution in [0.25, 0.3) is 0 Å². The Morgan fingerprint density at radius 2 is 1.54 bits per heavy atom. The number of hydrogen-bond donors (Lipinski definition) is 1. The van der Waals surface area contributed by atoms with Crippen LogP contribution in [0, 0.1) is 0 Å². The van der Waals surface area contributed by atoms with Crippen LogP contribution in [-0.4, -0.2) is 43.5 Å². The number of rotatable bonds is 6. The van der Waals surface area contributed by atoms with Crippen LogP contribution in [0.5, 0.6) is 0 Å². The summed E-state index contributed by atoms with van der Waals surface area (Å²) in [5.41, 5.74) is 0.227. The molecule has 1 saturated heterocycles. The summed E-state index contributed by atoms with van der Waals surface area (Å²) in [6.45, 7) is 7.22. The number of ether oxygens (including phenoxy) is 2. The zero-order valence-electron chi connectivity index (χ0n) is 15.1. The first-order valence-corrected chi connectivity index (χ1v) is 9.58. The van der Waals surface area contributed by atoms with Gasteiger partial charge in [-0.1, -0.05) is 13.8 Å². The van der Waals surface area contributed by atoms with E-state index in [1.807, 2.05) is 0 Å². The average molecular weight is 382 g/mol. The Morgan fingerprint density at radius 1 is 1.04 bits per heavy atom. The predicted molar refractivity (Wildman–Crippen MR) is 94.5 cm³/mol. The summed E-state index contributed by atoms with van der Waals surface area (Å²) < 4.78 is 36.2. The highest BCUT2D eigenvalue weighted by Crippen LogP contribution is 2.23. The van der Waals surface area contributed by atoms with Crippen molar-refractivity contribution in [2.75, 3.05) is 18.4 Å². The number of sulfonamides is 1. The number of anilines is 1. The van der Waals surface area contributed by atoms with E-state index in [9.17, 15) is 18.0 Å². The van der Waals surface area contributed by atoms with E-state index < -0.39 is 27.7 Å². The molecule has 142 valence electrons. The molecule has 1 N–H and O–H groups in total. The molecule has 9 heteroatoms. The molecule has 0 aromatic heterocycles. The Hall–Kier alpha value is -2.39. The fourth-order valence-corrected chi connectivity index (χ4v) is 3.83. The molecule has 0 amide bonds. The lowest BCUT2D eigenvalue weighted by Gasteiger charge is -2.29. The molecule has 0 atom stereocenters. The van der Waals surface area contributed by atoms with E-state index in [4.69, 9.17) is 9.47 Å². The fraction of sp³-hybridized carbons (Fsp3) is 0.412. The van der Waals surface area contributed by atoms with Gasteiger partial charge in [-0.15, -0.1) is 0 Å². The Labute approximate surface area is 152 Å². The monoisotopic (exact) mass is 382 g/mol. The highest BCUT2D eigenvalue weighted by Gasteiger charge is 2.38. The minimum Gasteiger partial charge on any atom is -0.419 e. The van der Waals surface area contributed by atoms with Crippen molar-refractivity contribution in [2.24, 2.45) is 0 Å². The van der Waals surface area contributed by atoms with Gasteiger partial charge in [-0.05, 0) is 24.3 Å². The maximum atomic E-state index is 12.4. The third-order valence-electron chi connectivity index (χ3n) is 3.70. The van der Waals surface area contributed by atoms with Gasteiger partial charge in [-0.25, -0.2) is 18.0 Å². The molecule has 0 saturated carbocycles. The molecule has 1 aromatic carbocycles. The van der Waals surface area contributed by atoms with E-state index >= 15 is 0 Å². The van der Waals surface area contributed by atoms with Crippen molar-refractivity contribution >= 4 is 27.6 Å². The van der Waals surface area contributed by atoms with E-state index in [0.717, 1.165) is 0 Å². The van der Waals surface area contributed by atoms with Crippen molar-refractivity contribution in [1.29, 1.82) is 0 Å². The van der Waals surface area contributed by atoms with Gasteiger partial charge in [0, 0.05) is 38.8 Å². The van der Waals surface area contributed by atoms with E-state index in [0.29, 0.717) is 18.8 Å². The third kappa shape index (κ3) is 4.23. The summed E-state index contributed by atoms with van der Waals surface area (Å²) in [4.78, 5) is 23.9. The topological polar surface area (TPSA) is 102 Å². The molecule has 1 fully saturated rings. The first-order chi connectivity index (χ1) is 12.1. The molecule has 8 nitrogen and oxygen atoms in total. The maximum absolute atomic E-state index is 12.4. The summed E-state index contributed by atoms with van der Waals surface area (Å²) in [7, 11) is -3.54. The number of hydrogen-bond acceptors (Lipinski definition) is 7. The Bertz CT molecular complexity index is 801. The lowest BCUT2D eigenvalue weighted by Crippen LogP contribution is -2.42. The van der Waals surface area contributed by atoms with Crippen molar-refractivity contribution in [1.82, 2.24) is 4.31 Å². The second-order valence-corrected chi connectivity index (χ2v) is 7.93. The van der Waals surface area contributed by atoms with Crippen molar-refractivity contribution in [3.8, 4) is 0 Å². The quantitative estimate of drug-likeness (QED) is 0.455. The van der Waals surface area contributed by atoms with Gasteiger partial charge in [-0.3, -0.25) is 0 Å². The van der Waals surface area contributed by atoms with Gasteiger partial charge in [0.25, 0.3) is 5.79 Å². The van der Waals surface area contributed by atoms with Crippen LogP contribution in [0.3, 0.4) is 0 Å². The third-order valence-corrected chi connectivity index (χ3v) is 5.76. The van der Waals surface area contributed by atoms with Crippen molar-refractivity contribution in [3.05, 3.63) is 36.0 Å². The number of esters is 2. The van der Waals surface area contributed by atoms with Crippen LogP contribution >= 0.6 is 0 Å². The molecule has 1 heterocycles. The van der Waals surface area contributed by atoms with E-state index in [2.05, 4.69) is 5.32 Å². The number of cyclic esters (lactones) is 2. The molecule has 0 spiro atoms. The van der Waals surface area contributed by atoms with Gasteiger partial charge in [0.1, 0.15) is 0 Å². The first-order valence-electron chi connectivity index (χ1n) is 8.14. The summed E-state index contributed by atoms with van der Waals surface area (Å²) in [6, 6.07) is 5.98. The predicted octanol–water partition coefficient (Wildman–Crippen LogP) is 1.85. The summed E-state index contributed by atoms with van der Waals surface area (Å²) in [5.74, 6) is -2.88. The second-order valence-electron chi connectivity index (χ2n) is 5.99. The van der Waals surface area contributed by atoms with Crippen LogP contribution in [0.1, 0.15) is 27.7 Å². The van der Waals surface area contributed by atoms with Crippen molar-refractivity contribution in [3.63, 3.8) is 0 Å². The number of carbonyl (C=O) groups excluding carboxylic acids is 2. The largest absolute Gasteiger partial charge is 0.419 e. The second kappa shape index (κ2) is 7.46. The molecule has 26 heavy (non-hydrogen) atoms. The van der Waals surface area contributed by atoms with Gasteiger partial charge in [0.15, 0.2) is 5.57 Å². The molecule has 1 aliphatic heterocycles. The Morgan fingerprint density at radius 3 is 2.00 bits per heavy atom. The van der Waals surface area contributed by atoms with Gasteiger partial charge in [0.05, 0.1) is 4.90 Å². The molecule has 0 unspecified atom stereocenters. The van der Waals surface area contributed by atoms with Crippen LogP contribution in [0.4, 0.5) is 5.69 Å². The van der Waals surface area contributed by atoms with E-state index in [1.165, 1.54) is 48.6 Å². The smallest absolute Gasteiger partial charge is 0.350 e. The molecule has 1 aliphatic rings. The van der Waals surface area contributed by atoms with Crippen molar-refractivity contribution < 1.29 is 27.5 Å². The van der Waals surface area contributed by atoms with E-state index in [1.54, 1.807) is 13.8 Å². The van der Waals surface area contributed by atoms with Crippen molar-refractivity contribution in [2.45, 2.75) is 38.4 Å². The molecule has 0 aliphatic carbocycles. The minimum atomic E-state index is -3.54. The number of nitrogens with zero attached hydrogens (tertiary/aromatic N) is 1. The number of carbonyl (C=O) groups is 2. The number of benzene rings is 1. The van der Waals surface area contributed by atoms with Crippen LogP contribution < -0.4 is 5.32 Å². The average Bonchev–Trinajstić information content (AvgIpc) is 2.54. The molecular weight excluding hydrogens is 360 g/mol. The van der Waals surface area contributed by atoms with Gasteiger partial charge < -0.3 is 14.8 Å². The minimum absolute atomic E-state index is 0.164. The van der Waals surface area contributed by atoms with Crippen LogP contribution in [0.15, 0.2) is 40.9 Å². The lowest BCUT2D eigenvalue weighted by molar-refractivity contribution is -0.222. The van der Waals surface area contributed by atoms with Crippen LogP contribution in [0.2, 0.25) is 0 Å². The zero-order chi connectivity index (χ0) is 19.5. The highest BCUT2D eigenvalue weighted by molar-refractivity contribution is 7.89. The fourth-order valence-electron chi connectivity index (χ4n) is 2.37. The molecular formula is C17H22N2O6S. The van der Waals surface area contributed by atoms with Gasteiger partial charge >= 0.3 is 11.9 Å². The van der Waals surface area contributed by atoms with Gasteiger partial charge in [0.2, 0.25) is 10.0 Å². The highest BCUT2D eigenvalue weighted by atomic mass is 32.2. The Balaban J connectivity index is 2.15. The summed E-state index contributed by atoms with van der Waals surface area (Å²) in [6.07, 6.45) is 1.17.